The fourth-order valence-electron chi connectivity index (χ4n) is 2.05. The molecule has 0 amide bonds. The second-order valence-electron chi connectivity index (χ2n) is 4.77. The van der Waals surface area contributed by atoms with Crippen LogP contribution in [0.5, 0.6) is 0 Å². The molecule has 1 unspecified atom stereocenters. The number of rotatable bonds is 6. The van der Waals surface area contributed by atoms with E-state index in [4.69, 9.17) is 5.73 Å². The molecular weight excluding hydrogens is 250 g/mol. The summed E-state index contributed by atoms with van der Waals surface area (Å²) < 4.78 is 0. The molecule has 1 aromatic heterocycles. The lowest BCUT2D eigenvalue weighted by Crippen LogP contribution is -2.09. The lowest BCUT2D eigenvalue weighted by molar-refractivity contribution is 0.705. The Balaban J connectivity index is 1.88. The van der Waals surface area contributed by atoms with Crippen molar-refractivity contribution in [3.8, 4) is 0 Å². The van der Waals surface area contributed by atoms with Crippen molar-refractivity contribution >= 4 is 17.6 Å². The molecule has 4 N–H and O–H groups in total. The first-order chi connectivity index (χ1) is 9.69. The maximum absolute atomic E-state index is 5.66. The number of nitrogen functional groups attached to an aromatic ring is 1. The van der Waals surface area contributed by atoms with Gasteiger partial charge in [-0.1, -0.05) is 37.3 Å². The number of nitrogens with one attached hydrogen (secondary N) is 2. The fraction of sp³-hybridized carbons (Fsp3) is 0.333. The van der Waals surface area contributed by atoms with Crippen LogP contribution in [0.25, 0.3) is 0 Å². The molecule has 0 aliphatic carbocycles. The van der Waals surface area contributed by atoms with Crippen molar-refractivity contribution < 1.29 is 0 Å². The first kappa shape index (κ1) is 14.1. The second-order valence-corrected chi connectivity index (χ2v) is 4.77. The Morgan fingerprint density at radius 2 is 1.85 bits per heavy atom. The van der Waals surface area contributed by atoms with Gasteiger partial charge in [0.25, 0.3) is 0 Å². The molecule has 2 aromatic rings. The van der Waals surface area contributed by atoms with E-state index in [0.717, 1.165) is 24.6 Å². The highest BCUT2D eigenvalue weighted by Gasteiger charge is 2.05. The Bertz CT molecular complexity index is 541. The van der Waals surface area contributed by atoms with Crippen LogP contribution in [-0.4, -0.2) is 23.6 Å². The molecule has 0 fully saturated rings. The van der Waals surface area contributed by atoms with Crippen LogP contribution in [0.15, 0.2) is 36.4 Å². The lowest BCUT2D eigenvalue weighted by atomic mass is 9.98. The summed E-state index contributed by atoms with van der Waals surface area (Å²) in [7, 11) is 1.81. The van der Waals surface area contributed by atoms with E-state index in [1.54, 1.807) is 0 Å². The minimum atomic E-state index is 0.274. The molecule has 0 saturated heterocycles. The van der Waals surface area contributed by atoms with E-state index in [1.807, 2.05) is 19.2 Å². The number of aromatic nitrogens is 2. The number of hydrogen-bond acceptors (Lipinski definition) is 5. The first-order valence-corrected chi connectivity index (χ1v) is 6.80. The van der Waals surface area contributed by atoms with Gasteiger partial charge >= 0.3 is 0 Å². The van der Waals surface area contributed by atoms with Gasteiger partial charge in [-0.25, -0.2) is 0 Å². The topological polar surface area (TPSA) is 75.9 Å². The molecule has 0 radical (unpaired) electrons. The average molecular weight is 271 g/mol. The first-order valence-electron chi connectivity index (χ1n) is 6.80. The molecule has 1 atom stereocenters. The smallest absolute Gasteiger partial charge is 0.223 e. The second kappa shape index (κ2) is 6.75. The van der Waals surface area contributed by atoms with Crippen LogP contribution in [0.1, 0.15) is 24.8 Å². The van der Waals surface area contributed by atoms with Crippen LogP contribution < -0.4 is 16.4 Å². The molecular formula is C15H21N5. The van der Waals surface area contributed by atoms with Gasteiger partial charge in [-0.3, -0.25) is 0 Å². The van der Waals surface area contributed by atoms with Crippen LogP contribution in [-0.2, 0) is 0 Å². The predicted molar refractivity (Wildman–Crippen MR) is 84.0 cm³/mol. The molecule has 1 heterocycles. The van der Waals surface area contributed by atoms with Gasteiger partial charge in [0.15, 0.2) is 0 Å². The Hall–Kier alpha value is -2.30. The van der Waals surface area contributed by atoms with Crippen LogP contribution >= 0.6 is 0 Å². The van der Waals surface area contributed by atoms with Crippen LogP contribution in [0.2, 0.25) is 0 Å². The van der Waals surface area contributed by atoms with E-state index < -0.39 is 0 Å². The third kappa shape index (κ3) is 3.85. The number of hydrogen-bond donors (Lipinski definition) is 3. The quantitative estimate of drug-likeness (QED) is 0.753. The molecule has 1 aromatic carbocycles. The Morgan fingerprint density at radius 3 is 2.55 bits per heavy atom. The zero-order valence-corrected chi connectivity index (χ0v) is 11.9. The van der Waals surface area contributed by atoms with Gasteiger partial charge in [-0.15, -0.1) is 0 Å². The summed E-state index contributed by atoms with van der Waals surface area (Å²) in [5.74, 6) is 2.25. The summed E-state index contributed by atoms with van der Waals surface area (Å²) in [4.78, 5) is 8.23. The number of anilines is 3. The van der Waals surface area contributed by atoms with Crippen molar-refractivity contribution in [2.45, 2.75) is 19.3 Å². The van der Waals surface area contributed by atoms with Crippen LogP contribution in [0.4, 0.5) is 17.6 Å². The van der Waals surface area contributed by atoms with Crippen molar-refractivity contribution in [1.82, 2.24) is 9.97 Å². The highest BCUT2D eigenvalue weighted by Crippen LogP contribution is 2.19. The van der Waals surface area contributed by atoms with Crippen molar-refractivity contribution in [1.29, 1.82) is 0 Å². The molecule has 106 valence electrons. The maximum Gasteiger partial charge on any atom is 0.223 e. The average Bonchev–Trinajstić information content (AvgIpc) is 2.47. The molecule has 5 nitrogen and oxygen atoms in total. The van der Waals surface area contributed by atoms with Gasteiger partial charge in [-0.2, -0.15) is 9.97 Å². The van der Waals surface area contributed by atoms with E-state index in [0.29, 0.717) is 5.92 Å². The SMILES string of the molecule is CNc1cc(NCCC(C)c2ccccc2)nc(N)n1. The fourth-order valence-corrected chi connectivity index (χ4v) is 2.05. The zero-order chi connectivity index (χ0) is 14.4. The summed E-state index contributed by atoms with van der Waals surface area (Å²) in [6.45, 7) is 3.07. The molecule has 0 spiro atoms. The number of nitrogens with two attached hydrogens (primary N) is 1. The Labute approximate surface area is 119 Å². The molecule has 0 aliphatic heterocycles. The largest absolute Gasteiger partial charge is 0.373 e. The summed E-state index contributed by atoms with van der Waals surface area (Å²) in [5.41, 5.74) is 7.01. The van der Waals surface area contributed by atoms with Crippen molar-refractivity contribution in [2.24, 2.45) is 0 Å². The van der Waals surface area contributed by atoms with Crippen LogP contribution in [0.3, 0.4) is 0 Å². The molecule has 5 heteroatoms. The van der Waals surface area contributed by atoms with Gasteiger partial charge in [0.1, 0.15) is 11.6 Å². The van der Waals surface area contributed by atoms with Crippen molar-refractivity contribution in [3.63, 3.8) is 0 Å². The number of nitrogens with zero attached hydrogens (tertiary/aromatic N) is 2. The van der Waals surface area contributed by atoms with Gasteiger partial charge in [0, 0.05) is 19.7 Å². The highest BCUT2D eigenvalue weighted by molar-refractivity contribution is 5.50. The lowest BCUT2D eigenvalue weighted by Gasteiger charge is -2.13. The summed E-state index contributed by atoms with van der Waals surface area (Å²) >= 11 is 0. The van der Waals surface area contributed by atoms with Gasteiger partial charge < -0.3 is 16.4 Å². The van der Waals surface area contributed by atoms with E-state index in [2.05, 4.69) is 51.8 Å². The number of benzene rings is 1. The molecule has 0 bridgehead atoms. The minimum absolute atomic E-state index is 0.274. The Kier molecular flexibility index (Phi) is 4.76. The minimum Gasteiger partial charge on any atom is -0.373 e. The van der Waals surface area contributed by atoms with E-state index in [9.17, 15) is 0 Å². The maximum atomic E-state index is 5.66. The zero-order valence-electron chi connectivity index (χ0n) is 11.9. The molecule has 2 rings (SSSR count). The third-order valence-electron chi connectivity index (χ3n) is 3.25. The van der Waals surface area contributed by atoms with Gasteiger partial charge in [0.05, 0.1) is 0 Å². The van der Waals surface area contributed by atoms with Gasteiger partial charge in [-0.05, 0) is 17.9 Å². The van der Waals surface area contributed by atoms with E-state index in [1.165, 1.54) is 5.56 Å². The summed E-state index contributed by atoms with van der Waals surface area (Å²) in [5, 5.41) is 6.25. The Morgan fingerprint density at radius 1 is 1.15 bits per heavy atom. The summed E-state index contributed by atoms with van der Waals surface area (Å²) in [6, 6.07) is 12.4. The molecule has 0 saturated carbocycles. The molecule has 20 heavy (non-hydrogen) atoms. The van der Waals surface area contributed by atoms with Gasteiger partial charge in [0.2, 0.25) is 5.95 Å². The molecule has 0 aliphatic rings. The standard InChI is InChI=1S/C15H21N5/c1-11(12-6-4-3-5-7-12)8-9-18-14-10-13(17-2)19-15(16)20-14/h3-7,10-11H,8-9H2,1-2H3,(H4,16,17,18,19,20). The van der Waals surface area contributed by atoms with Crippen LogP contribution in [0, 0.1) is 0 Å². The summed E-state index contributed by atoms with van der Waals surface area (Å²) in [6.07, 6.45) is 1.03. The normalized spacial score (nSPS) is 11.9. The third-order valence-corrected chi connectivity index (χ3v) is 3.25. The van der Waals surface area contributed by atoms with Crippen molar-refractivity contribution in [2.75, 3.05) is 30.0 Å². The van der Waals surface area contributed by atoms with E-state index >= 15 is 0 Å². The monoisotopic (exact) mass is 271 g/mol. The van der Waals surface area contributed by atoms with Crippen molar-refractivity contribution in [3.05, 3.63) is 42.0 Å². The van der Waals surface area contributed by atoms with E-state index in [-0.39, 0.29) is 5.95 Å². The predicted octanol–water partition coefficient (Wildman–Crippen LogP) is 2.71. The highest BCUT2D eigenvalue weighted by atomic mass is 15.1.